The van der Waals surface area contributed by atoms with Crippen molar-refractivity contribution < 1.29 is 4.79 Å². The van der Waals surface area contributed by atoms with E-state index in [1.165, 1.54) is 0 Å². The van der Waals surface area contributed by atoms with Crippen molar-refractivity contribution >= 4 is 52.4 Å². The molecule has 9 nitrogen and oxygen atoms in total. The minimum Gasteiger partial charge on any atom is -0.383 e. The highest BCUT2D eigenvalue weighted by Crippen LogP contribution is 2.33. The minimum absolute atomic E-state index is 0.138. The maximum Gasteiger partial charge on any atom is 0.239 e. The lowest BCUT2D eigenvalue weighted by molar-refractivity contribution is -0.115. The molecule has 3 aromatic rings. The van der Waals surface area contributed by atoms with Crippen LogP contribution in [0.1, 0.15) is 5.56 Å². The Morgan fingerprint density at radius 2 is 1.81 bits per heavy atom. The topological polar surface area (TPSA) is 130 Å². The van der Waals surface area contributed by atoms with Gasteiger partial charge in [-0.3, -0.25) is 4.79 Å². The minimum atomic E-state index is -0.247. The number of rotatable bonds is 9. The Balaban J connectivity index is 1.75. The molecule has 2 aromatic heterocycles. The number of nitrogens with two attached hydrogens (primary N) is 1. The number of halogens is 2. The number of nitrogens with zero attached hydrogens (tertiary/aromatic N) is 3. The first-order valence-corrected chi connectivity index (χ1v) is 10.6. The molecule has 32 heavy (non-hydrogen) atoms. The summed E-state index contributed by atoms with van der Waals surface area (Å²) in [5.74, 6) is 1.77. The molecule has 168 valence electrons. The van der Waals surface area contributed by atoms with Crippen LogP contribution in [0.25, 0.3) is 11.3 Å². The summed E-state index contributed by atoms with van der Waals surface area (Å²) < 4.78 is 0. The van der Waals surface area contributed by atoms with Crippen LogP contribution >= 0.6 is 23.2 Å². The van der Waals surface area contributed by atoms with Crippen molar-refractivity contribution in [1.29, 1.82) is 0 Å². The quantitative estimate of drug-likeness (QED) is 0.298. The smallest absolute Gasteiger partial charge is 0.239 e. The van der Waals surface area contributed by atoms with Crippen LogP contribution in [0.5, 0.6) is 0 Å². The van der Waals surface area contributed by atoms with Crippen LogP contribution in [0.3, 0.4) is 0 Å². The van der Waals surface area contributed by atoms with E-state index in [0.29, 0.717) is 57.7 Å². The molecule has 0 unspecified atom stereocenters. The monoisotopic (exact) mass is 474 g/mol. The number of aryl methyl sites for hydroxylation is 1. The van der Waals surface area contributed by atoms with E-state index in [1.807, 2.05) is 19.1 Å². The second-order valence-corrected chi connectivity index (χ2v) is 7.75. The third-order valence-electron chi connectivity index (χ3n) is 4.43. The Hall–Kier alpha value is -3.14. The van der Waals surface area contributed by atoms with Gasteiger partial charge in [-0.2, -0.15) is 0 Å². The molecule has 0 bridgehead atoms. The molecule has 11 heteroatoms. The van der Waals surface area contributed by atoms with Gasteiger partial charge in [0.1, 0.15) is 23.1 Å². The lowest BCUT2D eigenvalue weighted by atomic mass is 10.1. The summed E-state index contributed by atoms with van der Waals surface area (Å²) in [7, 11) is 1.68. The molecule has 0 aliphatic rings. The summed E-state index contributed by atoms with van der Waals surface area (Å²) in [6, 6.07) is 8.83. The first-order chi connectivity index (χ1) is 15.4. The van der Waals surface area contributed by atoms with Crippen molar-refractivity contribution in [3.05, 3.63) is 52.1 Å². The molecule has 1 aromatic carbocycles. The van der Waals surface area contributed by atoms with Crippen LogP contribution in [-0.2, 0) is 4.79 Å². The van der Waals surface area contributed by atoms with Gasteiger partial charge in [0.05, 0.1) is 17.8 Å². The number of hydrogen-bond donors (Lipinski definition) is 5. The summed E-state index contributed by atoms with van der Waals surface area (Å²) in [5, 5.41) is 12.8. The third-order valence-corrected chi connectivity index (χ3v) is 4.98. The number of pyridine rings is 1. The lowest BCUT2D eigenvalue weighted by Gasteiger charge is -2.14. The second-order valence-electron chi connectivity index (χ2n) is 6.91. The highest BCUT2D eigenvalue weighted by Gasteiger charge is 2.16. The summed E-state index contributed by atoms with van der Waals surface area (Å²) >= 11 is 12.4. The maximum atomic E-state index is 12.1. The standard InChI is InChI=1S/C21H24Cl2N8O/c1-12-3-6-16(30-20(12)24)26-7-8-27-17-10-28-21(31-18(32)11-25-2)19(29-17)14-5-4-13(22)9-15(14)23/h3-6,9-10,25H,7-8,11H2,1-2H3,(H,27,29)(H3,24,26,30)(H,28,31,32). The molecule has 0 saturated heterocycles. The number of carbonyl (C=O) groups is 1. The normalized spacial score (nSPS) is 10.6. The van der Waals surface area contributed by atoms with Crippen LogP contribution in [0.2, 0.25) is 10.0 Å². The SMILES string of the molecule is CNCC(=O)Nc1ncc(NCCNc2ccc(C)c(N)n2)nc1-c1ccc(Cl)cc1Cl. The fourth-order valence-corrected chi connectivity index (χ4v) is 3.29. The Labute approximate surface area is 196 Å². The Bertz CT molecular complexity index is 1110. The van der Waals surface area contributed by atoms with Crippen molar-refractivity contribution in [1.82, 2.24) is 20.3 Å². The number of anilines is 4. The van der Waals surface area contributed by atoms with E-state index in [-0.39, 0.29) is 12.5 Å². The van der Waals surface area contributed by atoms with Crippen molar-refractivity contribution in [2.24, 2.45) is 0 Å². The molecule has 1 amide bonds. The Kier molecular flexibility index (Phi) is 8.04. The van der Waals surface area contributed by atoms with Gasteiger partial charge in [-0.25, -0.2) is 15.0 Å². The number of hydrogen-bond acceptors (Lipinski definition) is 8. The molecule has 0 aliphatic heterocycles. The van der Waals surface area contributed by atoms with Gasteiger partial charge in [-0.15, -0.1) is 0 Å². The van der Waals surface area contributed by atoms with Gasteiger partial charge < -0.3 is 27.0 Å². The van der Waals surface area contributed by atoms with Crippen LogP contribution in [0.15, 0.2) is 36.5 Å². The highest BCUT2D eigenvalue weighted by atomic mass is 35.5. The number of nitrogen functional groups attached to an aromatic ring is 1. The summed E-state index contributed by atoms with van der Waals surface area (Å²) in [5.41, 5.74) is 7.80. The van der Waals surface area contributed by atoms with Gasteiger partial charge in [-0.05, 0) is 43.8 Å². The summed E-state index contributed by atoms with van der Waals surface area (Å²) in [4.78, 5) is 25.3. The lowest BCUT2D eigenvalue weighted by Crippen LogP contribution is -2.26. The second kappa shape index (κ2) is 10.9. The molecule has 0 spiro atoms. The zero-order valence-electron chi connectivity index (χ0n) is 17.7. The van der Waals surface area contributed by atoms with Crippen LogP contribution < -0.4 is 27.0 Å². The molecule has 0 radical (unpaired) electrons. The van der Waals surface area contributed by atoms with Crippen molar-refractivity contribution in [3.63, 3.8) is 0 Å². The molecule has 0 fully saturated rings. The number of likely N-dealkylation sites (N-methyl/N-ethyl adjacent to an activating group) is 1. The van der Waals surface area contributed by atoms with Crippen molar-refractivity contribution in [3.8, 4) is 11.3 Å². The molecule has 0 saturated carbocycles. The van der Waals surface area contributed by atoms with Gasteiger partial charge in [-0.1, -0.05) is 29.3 Å². The predicted molar refractivity (Wildman–Crippen MR) is 130 cm³/mol. The average molecular weight is 475 g/mol. The van der Waals surface area contributed by atoms with Crippen LogP contribution in [0.4, 0.5) is 23.3 Å². The predicted octanol–water partition coefficient (Wildman–Crippen LogP) is 3.42. The number of carbonyl (C=O) groups excluding carboxylic acids is 1. The number of benzene rings is 1. The molecular formula is C21H24Cl2N8O. The maximum absolute atomic E-state index is 12.1. The van der Waals surface area contributed by atoms with Crippen LogP contribution in [0, 0.1) is 6.92 Å². The van der Waals surface area contributed by atoms with Gasteiger partial charge in [0, 0.05) is 23.7 Å². The Morgan fingerprint density at radius 1 is 1.06 bits per heavy atom. The van der Waals surface area contributed by atoms with E-state index in [9.17, 15) is 4.79 Å². The van der Waals surface area contributed by atoms with E-state index >= 15 is 0 Å². The van der Waals surface area contributed by atoms with Gasteiger partial charge in [0.15, 0.2) is 5.82 Å². The van der Waals surface area contributed by atoms with Crippen LogP contribution in [-0.4, -0.2) is 47.5 Å². The van der Waals surface area contributed by atoms with E-state index in [1.54, 1.807) is 31.4 Å². The van der Waals surface area contributed by atoms with Gasteiger partial charge in [0.2, 0.25) is 5.91 Å². The Morgan fingerprint density at radius 3 is 2.50 bits per heavy atom. The number of nitrogens with one attached hydrogen (secondary N) is 4. The highest BCUT2D eigenvalue weighted by molar-refractivity contribution is 6.36. The number of aromatic nitrogens is 3. The van der Waals surface area contributed by atoms with Gasteiger partial charge in [0.25, 0.3) is 0 Å². The van der Waals surface area contributed by atoms with E-state index < -0.39 is 0 Å². The third kappa shape index (κ3) is 6.19. The molecule has 6 N–H and O–H groups in total. The largest absolute Gasteiger partial charge is 0.383 e. The molecular weight excluding hydrogens is 451 g/mol. The van der Waals surface area contributed by atoms with E-state index in [0.717, 1.165) is 5.56 Å². The average Bonchev–Trinajstić information content (AvgIpc) is 2.75. The van der Waals surface area contributed by atoms with E-state index in [4.69, 9.17) is 28.9 Å². The molecule has 2 heterocycles. The molecule has 0 aliphatic carbocycles. The zero-order valence-corrected chi connectivity index (χ0v) is 19.2. The summed E-state index contributed by atoms with van der Waals surface area (Å²) in [6.45, 7) is 3.17. The van der Waals surface area contributed by atoms with Crippen molar-refractivity contribution in [2.75, 3.05) is 48.4 Å². The first-order valence-electron chi connectivity index (χ1n) is 9.85. The van der Waals surface area contributed by atoms with Crippen molar-refractivity contribution in [2.45, 2.75) is 6.92 Å². The zero-order chi connectivity index (χ0) is 23.1. The fraction of sp³-hybridized carbons (Fsp3) is 0.238. The van der Waals surface area contributed by atoms with Gasteiger partial charge >= 0.3 is 0 Å². The van der Waals surface area contributed by atoms with E-state index in [2.05, 4.69) is 36.2 Å². The summed E-state index contributed by atoms with van der Waals surface area (Å²) in [6.07, 6.45) is 1.55. The fourth-order valence-electron chi connectivity index (χ4n) is 2.80. The molecule has 3 rings (SSSR count). The first kappa shape index (κ1) is 23.5. The number of amides is 1. The molecule has 0 atom stereocenters.